The molecule has 0 aromatic heterocycles. The fourth-order valence-electron chi connectivity index (χ4n) is 2.35. The number of amides is 3. The van der Waals surface area contributed by atoms with Gasteiger partial charge in [-0.25, -0.2) is 4.79 Å². The number of nitrogens with one attached hydrogen (secondary N) is 1. The van der Waals surface area contributed by atoms with E-state index in [4.69, 9.17) is 4.74 Å². The van der Waals surface area contributed by atoms with Gasteiger partial charge in [-0.05, 0) is 30.5 Å². The summed E-state index contributed by atoms with van der Waals surface area (Å²) in [6.45, 7) is 6.11. The van der Waals surface area contributed by atoms with Crippen molar-refractivity contribution in [2.75, 3.05) is 13.7 Å². The van der Waals surface area contributed by atoms with Crippen molar-refractivity contribution in [1.82, 2.24) is 10.2 Å². The summed E-state index contributed by atoms with van der Waals surface area (Å²) in [7, 11) is 1.59. The lowest BCUT2D eigenvalue weighted by Crippen LogP contribution is -2.41. The van der Waals surface area contributed by atoms with Gasteiger partial charge in [0, 0.05) is 6.54 Å². The second kappa shape index (κ2) is 5.15. The van der Waals surface area contributed by atoms with E-state index in [0.717, 1.165) is 5.56 Å². The SMILES string of the molecule is COc1ccc(C2(C)NC(=O)N(CC(C)C)C2=O)cc1. The molecular weight excluding hydrogens is 256 g/mol. The van der Waals surface area contributed by atoms with Gasteiger partial charge in [-0.1, -0.05) is 26.0 Å². The molecule has 3 amide bonds. The number of carbonyl (C=O) groups is 2. The molecule has 0 saturated carbocycles. The van der Waals surface area contributed by atoms with Crippen LogP contribution in [0.3, 0.4) is 0 Å². The van der Waals surface area contributed by atoms with Crippen LogP contribution in [0.1, 0.15) is 26.3 Å². The van der Waals surface area contributed by atoms with Crippen LogP contribution < -0.4 is 10.1 Å². The Bertz CT molecular complexity index is 524. The third kappa shape index (κ3) is 2.35. The fourth-order valence-corrected chi connectivity index (χ4v) is 2.35. The molecule has 20 heavy (non-hydrogen) atoms. The largest absolute Gasteiger partial charge is 0.497 e. The van der Waals surface area contributed by atoms with Crippen LogP contribution in [-0.4, -0.2) is 30.5 Å². The number of ether oxygens (including phenoxy) is 1. The van der Waals surface area contributed by atoms with Gasteiger partial charge in [0.25, 0.3) is 5.91 Å². The molecule has 1 atom stereocenters. The summed E-state index contributed by atoms with van der Waals surface area (Å²) in [6.07, 6.45) is 0. The predicted octanol–water partition coefficient (Wildman–Crippen LogP) is 2.12. The average molecular weight is 276 g/mol. The molecule has 1 unspecified atom stereocenters. The number of imide groups is 1. The summed E-state index contributed by atoms with van der Waals surface area (Å²) in [5.74, 6) is 0.748. The van der Waals surface area contributed by atoms with Crippen LogP contribution in [0.4, 0.5) is 4.79 Å². The van der Waals surface area contributed by atoms with E-state index in [1.807, 2.05) is 13.8 Å². The molecule has 0 bridgehead atoms. The summed E-state index contributed by atoms with van der Waals surface area (Å²) in [5, 5.41) is 2.79. The Morgan fingerprint density at radius 2 is 1.85 bits per heavy atom. The van der Waals surface area contributed by atoms with E-state index in [9.17, 15) is 9.59 Å². The first-order valence-corrected chi connectivity index (χ1v) is 6.67. The topological polar surface area (TPSA) is 58.6 Å². The van der Waals surface area contributed by atoms with Gasteiger partial charge in [0.1, 0.15) is 11.3 Å². The van der Waals surface area contributed by atoms with Gasteiger partial charge in [-0.3, -0.25) is 9.69 Å². The zero-order valence-corrected chi connectivity index (χ0v) is 12.3. The van der Waals surface area contributed by atoms with Gasteiger partial charge in [0.05, 0.1) is 7.11 Å². The zero-order valence-electron chi connectivity index (χ0n) is 12.3. The van der Waals surface area contributed by atoms with E-state index in [2.05, 4.69) is 5.32 Å². The third-order valence-corrected chi connectivity index (χ3v) is 3.49. The Hall–Kier alpha value is -2.04. The summed E-state index contributed by atoms with van der Waals surface area (Å²) in [6, 6.07) is 6.84. The second-order valence-electron chi connectivity index (χ2n) is 5.59. The van der Waals surface area contributed by atoms with Gasteiger partial charge in [-0.15, -0.1) is 0 Å². The molecule has 5 nitrogen and oxygen atoms in total. The minimum Gasteiger partial charge on any atom is -0.497 e. The van der Waals surface area contributed by atoms with Crippen LogP contribution in [0, 0.1) is 5.92 Å². The molecule has 0 spiro atoms. The van der Waals surface area contributed by atoms with Gasteiger partial charge in [-0.2, -0.15) is 0 Å². The summed E-state index contributed by atoms with van der Waals surface area (Å²) in [5.41, 5.74) is -0.249. The second-order valence-corrected chi connectivity index (χ2v) is 5.59. The Labute approximate surface area is 118 Å². The minimum atomic E-state index is -1.00. The summed E-state index contributed by atoms with van der Waals surface area (Å²) in [4.78, 5) is 25.8. The normalized spacial score (nSPS) is 22.4. The van der Waals surface area contributed by atoms with E-state index < -0.39 is 5.54 Å². The number of hydrogen-bond acceptors (Lipinski definition) is 3. The molecular formula is C15H20N2O3. The standard InChI is InChI=1S/C15H20N2O3/c1-10(2)9-17-13(18)15(3,16-14(17)19)11-5-7-12(20-4)8-6-11/h5-8,10H,9H2,1-4H3,(H,16,19). The number of rotatable bonds is 4. The van der Waals surface area contributed by atoms with Gasteiger partial charge in [0.2, 0.25) is 0 Å². The Kier molecular flexibility index (Phi) is 3.70. The molecule has 1 aromatic rings. The zero-order chi connectivity index (χ0) is 14.9. The Morgan fingerprint density at radius 3 is 2.35 bits per heavy atom. The minimum absolute atomic E-state index is 0.207. The molecule has 2 rings (SSSR count). The number of urea groups is 1. The fraction of sp³-hybridized carbons (Fsp3) is 0.467. The van der Waals surface area contributed by atoms with Crippen molar-refractivity contribution in [3.63, 3.8) is 0 Å². The van der Waals surface area contributed by atoms with Crippen LogP contribution in [0.5, 0.6) is 5.75 Å². The maximum atomic E-state index is 12.5. The number of nitrogens with zero attached hydrogens (tertiary/aromatic N) is 1. The lowest BCUT2D eigenvalue weighted by molar-refractivity contribution is -0.131. The van der Waals surface area contributed by atoms with Crippen molar-refractivity contribution in [2.24, 2.45) is 5.92 Å². The highest BCUT2D eigenvalue weighted by Crippen LogP contribution is 2.30. The number of benzene rings is 1. The van der Waals surface area contributed by atoms with Crippen LogP contribution in [0.2, 0.25) is 0 Å². The monoisotopic (exact) mass is 276 g/mol. The highest BCUT2D eigenvalue weighted by Gasteiger charge is 2.48. The Balaban J connectivity index is 2.30. The lowest BCUT2D eigenvalue weighted by Gasteiger charge is -2.23. The highest BCUT2D eigenvalue weighted by atomic mass is 16.5. The molecule has 1 heterocycles. The maximum absolute atomic E-state index is 12.5. The number of carbonyl (C=O) groups excluding carboxylic acids is 2. The third-order valence-electron chi connectivity index (χ3n) is 3.49. The van der Waals surface area contributed by atoms with Crippen molar-refractivity contribution in [3.05, 3.63) is 29.8 Å². The molecule has 108 valence electrons. The van der Waals surface area contributed by atoms with E-state index in [1.165, 1.54) is 4.90 Å². The van der Waals surface area contributed by atoms with Crippen molar-refractivity contribution < 1.29 is 14.3 Å². The molecule has 1 saturated heterocycles. The van der Waals surface area contributed by atoms with Crippen LogP contribution in [0.15, 0.2) is 24.3 Å². The molecule has 1 aromatic carbocycles. The van der Waals surface area contributed by atoms with Crippen molar-refractivity contribution in [3.8, 4) is 5.75 Å². The Morgan fingerprint density at radius 1 is 1.25 bits per heavy atom. The maximum Gasteiger partial charge on any atom is 0.325 e. The van der Waals surface area contributed by atoms with E-state index >= 15 is 0 Å². The lowest BCUT2D eigenvalue weighted by atomic mass is 9.92. The molecule has 1 fully saturated rings. The molecule has 1 aliphatic heterocycles. The number of hydrogen-bond donors (Lipinski definition) is 1. The van der Waals surface area contributed by atoms with Gasteiger partial charge in [0.15, 0.2) is 0 Å². The quantitative estimate of drug-likeness (QED) is 0.857. The van der Waals surface area contributed by atoms with Gasteiger partial charge < -0.3 is 10.1 Å². The van der Waals surface area contributed by atoms with Crippen molar-refractivity contribution in [2.45, 2.75) is 26.3 Å². The van der Waals surface area contributed by atoms with E-state index in [1.54, 1.807) is 38.3 Å². The van der Waals surface area contributed by atoms with Crippen LogP contribution >= 0.6 is 0 Å². The first-order valence-electron chi connectivity index (χ1n) is 6.67. The summed E-state index contributed by atoms with van der Waals surface area (Å²) >= 11 is 0. The average Bonchev–Trinajstić information content (AvgIpc) is 2.63. The number of methoxy groups -OCH3 is 1. The first-order chi connectivity index (χ1) is 9.38. The molecule has 1 aliphatic rings. The van der Waals surface area contributed by atoms with Crippen LogP contribution in [-0.2, 0) is 10.3 Å². The van der Waals surface area contributed by atoms with Crippen molar-refractivity contribution in [1.29, 1.82) is 0 Å². The highest BCUT2D eigenvalue weighted by molar-refractivity contribution is 6.07. The smallest absolute Gasteiger partial charge is 0.325 e. The summed E-state index contributed by atoms with van der Waals surface area (Å²) < 4.78 is 5.10. The molecule has 0 radical (unpaired) electrons. The van der Waals surface area contributed by atoms with Gasteiger partial charge >= 0.3 is 6.03 Å². The van der Waals surface area contributed by atoms with Crippen LogP contribution in [0.25, 0.3) is 0 Å². The first kappa shape index (κ1) is 14.4. The predicted molar refractivity (Wildman–Crippen MR) is 75.4 cm³/mol. The van der Waals surface area contributed by atoms with Crippen molar-refractivity contribution >= 4 is 11.9 Å². The molecule has 0 aliphatic carbocycles. The van der Waals surface area contributed by atoms with E-state index in [0.29, 0.717) is 12.3 Å². The molecule has 1 N–H and O–H groups in total. The molecule has 5 heteroatoms. The van der Waals surface area contributed by atoms with E-state index in [-0.39, 0.29) is 17.9 Å².